The minimum Gasteiger partial charge on any atom is -0.401 e. The van der Waals surface area contributed by atoms with Crippen molar-refractivity contribution in [2.24, 2.45) is 5.73 Å². The van der Waals surface area contributed by atoms with Gasteiger partial charge in [-0.15, -0.1) is 0 Å². The maximum absolute atomic E-state index is 8.34. The largest absolute Gasteiger partial charge is 0.401 e. The molecule has 5 heteroatoms. The maximum atomic E-state index is 8.34. The van der Waals surface area contributed by atoms with E-state index in [0.29, 0.717) is 12.1 Å². The van der Waals surface area contributed by atoms with Gasteiger partial charge in [0.2, 0.25) is 0 Å². The quantitative estimate of drug-likeness (QED) is 0.441. The molecule has 0 saturated heterocycles. The van der Waals surface area contributed by atoms with Gasteiger partial charge in [-0.1, -0.05) is 6.07 Å². The molecule has 0 aliphatic rings. The second-order valence-corrected chi connectivity index (χ2v) is 3.62. The number of aromatic nitrogens is 1. The molecule has 0 fully saturated rings. The van der Waals surface area contributed by atoms with Gasteiger partial charge in [0.05, 0.1) is 0 Å². The Morgan fingerprint density at radius 3 is 3.00 bits per heavy atom. The molecule has 0 aliphatic carbocycles. The first-order valence-corrected chi connectivity index (χ1v) is 4.75. The number of allylic oxidation sites excluding steroid dienone is 1. The molecule has 4 N–H and O–H groups in total. The zero-order valence-corrected chi connectivity index (χ0v) is 9.02. The van der Waals surface area contributed by atoms with Crippen molar-refractivity contribution in [1.29, 1.82) is 0 Å². The summed E-state index contributed by atoms with van der Waals surface area (Å²) in [5.41, 5.74) is 9.03. The summed E-state index contributed by atoms with van der Waals surface area (Å²) in [6.07, 6.45) is 3.69. The molecule has 4 nitrogen and oxygen atoms in total. The third-order valence-corrected chi connectivity index (χ3v) is 2.08. The van der Waals surface area contributed by atoms with Gasteiger partial charge in [0.25, 0.3) is 0 Å². The molecule has 0 bridgehead atoms. The summed E-state index contributed by atoms with van der Waals surface area (Å²) < 4.78 is 0.948. The van der Waals surface area contributed by atoms with Crippen LogP contribution in [0.1, 0.15) is 5.56 Å². The second-order valence-electron chi connectivity index (χ2n) is 2.51. The molecule has 0 saturated carbocycles. The van der Waals surface area contributed by atoms with E-state index in [0.717, 1.165) is 9.26 Å². The SMILES string of the molecule is N/C(=C\NO)Cc1ccc(I)nc1. The van der Waals surface area contributed by atoms with Gasteiger partial charge in [-0.05, 0) is 34.2 Å². The lowest BCUT2D eigenvalue weighted by Crippen LogP contribution is -2.07. The topological polar surface area (TPSA) is 71.2 Å². The summed E-state index contributed by atoms with van der Waals surface area (Å²) in [6.45, 7) is 0. The highest BCUT2D eigenvalue weighted by Gasteiger charge is 1.95. The fourth-order valence-electron chi connectivity index (χ4n) is 0.881. The fraction of sp³-hybridized carbons (Fsp3) is 0.125. The molecular formula is C8H10IN3O. The lowest BCUT2D eigenvalue weighted by atomic mass is 10.2. The van der Waals surface area contributed by atoms with Crippen molar-refractivity contribution < 1.29 is 5.21 Å². The highest BCUT2D eigenvalue weighted by atomic mass is 127. The summed E-state index contributed by atoms with van der Waals surface area (Å²) >= 11 is 2.14. The second kappa shape index (κ2) is 5.03. The number of hydroxylamine groups is 1. The number of pyridine rings is 1. The summed E-state index contributed by atoms with van der Waals surface area (Å²) in [4.78, 5) is 4.11. The normalized spacial score (nSPS) is 11.4. The lowest BCUT2D eigenvalue weighted by Gasteiger charge is -2.00. The average Bonchev–Trinajstić information content (AvgIpc) is 2.09. The van der Waals surface area contributed by atoms with E-state index in [2.05, 4.69) is 27.6 Å². The van der Waals surface area contributed by atoms with Crippen LogP contribution in [0.25, 0.3) is 0 Å². The summed E-state index contributed by atoms with van der Waals surface area (Å²) in [6, 6.07) is 3.86. The lowest BCUT2D eigenvalue weighted by molar-refractivity contribution is 0.213. The molecule has 1 aromatic rings. The summed E-state index contributed by atoms with van der Waals surface area (Å²) in [7, 11) is 0. The van der Waals surface area contributed by atoms with E-state index < -0.39 is 0 Å². The van der Waals surface area contributed by atoms with Gasteiger partial charge in [-0.2, -0.15) is 0 Å². The van der Waals surface area contributed by atoms with Crippen LogP contribution in [-0.2, 0) is 6.42 Å². The van der Waals surface area contributed by atoms with E-state index in [9.17, 15) is 0 Å². The third kappa shape index (κ3) is 3.60. The molecule has 0 radical (unpaired) electrons. The predicted octanol–water partition coefficient (Wildman–Crippen LogP) is 1.01. The average molecular weight is 291 g/mol. The van der Waals surface area contributed by atoms with E-state index in [1.165, 1.54) is 6.20 Å². The summed E-state index contributed by atoms with van der Waals surface area (Å²) in [5, 5.41) is 8.34. The first-order chi connectivity index (χ1) is 6.22. The standard InChI is InChI=1S/C8H10IN3O/c9-8-2-1-6(4-11-8)3-7(10)5-12-13/h1-2,4-5,12-13H,3,10H2/b7-5-. The molecule has 0 aromatic carbocycles. The van der Waals surface area contributed by atoms with Crippen LogP contribution >= 0.6 is 22.6 Å². The van der Waals surface area contributed by atoms with Crippen LogP contribution in [0.3, 0.4) is 0 Å². The highest BCUT2D eigenvalue weighted by molar-refractivity contribution is 14.1. The molecule has 70 valence electrons. The van der Waals surface area contributed by atoms with Crippen molar-refractivity contribution in [3.05, 3.63) is 39.5 Å². The van der Waals surface area contributed by atoms with Crippen molar-refractivity contribution in [2.45, 2.75) is 6.42 Å². The molecule has 1 heterocycles. The maximum Gasteiger partial charge on any atom is 0.101 e. The van der Waals surface area contributed by atoms with Gasteiger partial charge in [-0.3, -0.25) is 15.7 Å². The smallest absolute Gasteiger partial charge is 0.101 e. The number of nitrogens with zero attached hydrogens (tertiary/aromatic N) is 1. The zero-order valence-electron chi connectivity index (χ0n) is 6.87. The van der Waals surface area contributed by atoms with Crippen molar-refractivity contribution in [3.8, 4) is 0 Å². The Hall–Kier alpha value is -0.820. The van der Waals surface area contributed by atoms with Crippen LogP contribution in [0.4, 0.5) is 0 Å². The molecule has 0 aliphatic heterocycles. The third-order valence-electron chi connectivity index (χ3n) is 1.45. The van der Waals surface area contributed by atoms with Gasteiger partial charge in [0.1, 0.15) is 3.70 Å². The van der Waals surface area contributed by atoms with Gasteiger partial charge in [0, 0.05) is 24.5 Å². The Balaban J connectivity index is 2.64. The molecule has 1 aromatic heterocycles. The Kier molecular flexibility index (Phi) is 3.97. The van der Waals surface area contributed by atoms with Crippen molar-refractivity contribution in [2.75, 3.05) is 0 Å². The van der Waals surface area contributed by atoms with Crippen LogP contribution in [0.2, 0.25) is 0 Å². The van der Waals surface area contributed by atoms with Crippen molar-refractivity contribution >= 4 is 22.6 Å². The van der Waals surface area contributed by atoms with E-state index in [-0.39, 0.29) is 0 Å². The van der Waals surface area contributed by atoms with Crippen LogP contribution in [0.15, 0.2) is 30.2 Å². The monoisotopic (exact) mass is 291 g/mol. The number of rotatable bonds is 3. The number of nitrogens with two attached hydrogens (primary N) is 1. The van der Waals surface area contributed by atoms with Crippen LogP contribution in [-0.4, -0.2) is 10.2 Å². The predicted molar refractivity (Wildman–Crippen MR) is 57.9 cm³/mol. The number of hydrogen-bond acceptors (Lipinski definition) is 4. The van der Waals surface area contributed by atoms with Gasteiger partial charge in [0.15, 0.2) is 0 Å². The molecule has 0 amide bonds. The molecule has 1 rings (SSSR count). The zero-order chi connectivity index (χ0) is 9.68. The molecular weight excluding hydrogens is 281 g/mol. The Bertz CT molecular complexity index is 297. The fourth-order valence-corrected chi connectivity index (χ4v) is 1.20. The molecule has 0 atom stereocenters. The van der Waals surface area contributed by atoms with E-state index >= 15 is 0 Å². The minimum absolute atomic E-state index is 0.561. The van der Waals surface area contributed by atoms with Crippen molar-refractivity contribution in [3.63, 3.8) is 0 Å². The van der Waals surface area contributed by atoms with Crippen molar-refractivity contribution in [1.82, 2.24) is 10.5 Å². The first-order valence-electron chi connectivity index (χ1n) is 3.67. The Morgan fingerprint density at radius 2 is 2.46 bits per heavy atom. The number of hydrogen-bond donors (Lipinski definition) is 3. The molecule has 13 heavy (non-hydrogen) atoms. The van der Waals surface area contributed by atoms with Crippen LogP contribution in [0.5, 0.6) is 0 Å². The molecule has 0 unspecified atom stereocenters. The van der Waals surface area contributed by atoms with Gasteiger partial charge < -0.3 is 5.73 Å². The Labute approximate surface area is 90.0 Å². The van der Waals surface area contributed by atoms with Crippen LogP contribution in [0, 0.1) is 3.70 Å². The summed E-state index contributed by atoms with van der Waals surface area (Å²) in [5.74, 6) is 0. The first kappa shape index (κ1) is 10.3. The number of halogens is 1. The molecule has 0 spiro atoms. The minimum atomic E-state index is 0.561. The Morgan fingerprint density at radius 1 is 1.69 bits per heavy atom. The van der Waals surface area contributed by atoms with Gasteiger partial charge in [-0.25, -0.2) is 0 Å². The van der Waals surface area contributed by atoms with Gasteiger partial charge >= 0.3 is 0 Å². The van der Waals surface area contributed by atoms with E-state index in [1.54, 1.807) is 6.20 Å². The van der Waals surface area contributed by atoms with Crippen LogP contribution < -0.4 is 11.2 Å². The highest BCUT2D eigenvalue weighted by Crippen LogP contribution is 2.05. The van der Waals surface area contributed by atoms with E-state index in [4.69, 9.17) is 10.9 Å². The number of nitrogens with one attached hydrogen (secondary N) is 1. The van der Waals surface area contributed by atoms with E-state index in [1.807, 2.05) is 17.6 Å².